The van der Waals surface area contributed by atoms with E-state index >= 15 is 0 Å². The van der Waals surface area contributed by atoms with Gasteiger partial charge in [0.05, 0.1) is 6.61 Å². The van der Waals surface area contributed by atoms with E-state index in [4.69, 9.17) is 16.3 Å². The number of halogens is 2. The van der Waals surface area contributed by atoms with Crippen LogP contribution in [-0.2, 0) is 11.3 Å². The fraction of sp³-hybridized carbons (Fsp3) is 0.538. The minimum atomic E-state index is -0.339. The number of benzene rings is 1. The van der Waals surface area contributed by atoms with E-state index in [0.717, 1.165) is 12.8 Å². The van der Waals surface area contributed by atoms with E-state index in [1.807, 2.05) is 0 Å². The van der Waals surface area contributed by atoms with Gasteiger partial charge in [0.1, 0.15) is 5.82 Å². The fourth-order valence-corrected chi connectivity index (χ4v) is 2.30. The van der Waals surface area contributed by atoms with Gasteiger partial charge in [-0.25, -0.2) is 4.39 Å². The minimum absolute atomic E-state index is 0.0449. The maximum absolute atomic E-state index is 13.1. The van der Waals surface area contributed by atoms with Gasteiger partial charge in [-0.05, 0) is 36.6 Å². The highest BCUT2D eigenvalue weighted by Gasteiger charge is 2.31. The van der Waals surface area contributed by atoms with Gasteiger partial charge in [-0.1, -0.05) is 11.6 Å². The number of rotatable bonds is 4. The second-order valence-electron chi connectivity index (χ2n) is 4.64. The van der Waals surface area contributed by atoms with Crippen molar-refractivity contribution in [2.75, 3.05) is 19.8 Å². The Morgan fingerprint density at radius 3 is 2.78 bits per heavy atom. The lowest BCUT2D eigenvalue weighted by molar-refractivity contribution is 0.0111. The lowest BCUT2D eigenvalue weighted by atomic mass is 9.90. The van der Waals surface area contributed by atoms with Gasteiger partial charge >= 0.3 is 0 Å². The van der Waals surface area contributed by atoms with Crippen LogP contribution in [0.3, 0.4) is 0 Å². The second-order valence-corrected chi connectivity index (χ2v) is 5.05. The van der Waals surface area contributed by atoms with Crippen molar-refractivity contribution in [3.8, 4) is 0 Å². The monoisotopic (exact) mass is 273 g/mol. The first kappa shape index (κ1) is 13.7. The molecule has 1 aromatic rings. The molecule has 2 N–H and O–H groups in total. The van der Waals surface area contributed by atoms with Crippen LogP contribution in [0.1, 0.15) is 18.4 Å². The molecule has 3 nitrogen and oxygen atoms in total. The van der Waals surface area contributed by atoms with E-state index in [1.165, 1.54) is 12.1 Å². The molecule has 0 unspecified atom stereocenters. The Morgan fingerprint density at radius 1 is 1.39 bits per heavy atom. The van der Waals surface area contributed by atoms with Crippen molar-refractivity contribution < 1.29 is 14.2 Å². The zero-order valence-electron chi connectivity index (χ0n) is 10.1. The van der Waals surface area contributed by atoms with Crippen LogP contribution in [0.25, 0.3) is 0 Å². The van der Waals surface area contributed by atoms with Gasteiger partial charge in [0, 0.05) is 30.3 Å². The summed E-state index contributed by atoms with van der Waals surface area (Å²) in [5, 5.41) is 13.3. The molecule has 1 aliphatic rings. The van der Waals surface area contributed by atoms with Crippen molar-refractivity contribution in [2.24, 2.45) is 0 Å². The first-order chi connectivity index (χ1) is 8.65. The van der Waals surface area contributed by atoms with Crippen LogP contribution in [0.4, 0.5) is 4.39 Å². The zero-order valence-corrected chi connectivity index (χ0v) is 10.8. The maximum Gasteiger partial charge on any atom is 0.123 e. The first-order valence-corrected chi connectivity index (χ1v) is 6.41. The third kappa shape index (κ3) is 3.20. The smallest absolute Gasteiger partial charge is 0.123 e. The Hall–Kier alpha value is -0.680. The number of aliphatic hydroxyl groups is 1. The second kappa shape index (κ2) is 5.97. The topological polar surface area (TPSA) is 41.5 Å². The number of ether oxygens (including phenoxy) is 1. The highest BCUT2D eigenvalue weighted by molar-refractivity contribution is 6.31. The lowest BCUT2D eigenvalue weighted by Crippen LogP contribution is -2.51. The summed E-state index contributed by atoms with van der Waals surface area (Å²) in [6, 6.07) is 4.30. The predicted molar refractivity (Wildman–Crippen MR) is 68.1 cm³/mol. The van der Waals surface area contributed by atoms with Crippen molar-refractivity contribution in [1.29, 1.82) is 0 Å². The number of hydrogen-bond donors (Lipinski definition) is 2. The Morgan fingerprint density at radius 2 is 2.11 bits per heavy atom. The standard InChI is InChI=1S/C13H17ClFNO2/c14-12-2-1-11(15)7-10(12)8-16-13(9-17)3-5-18-6-4-13/h1-2,7,16-17H,3-6,8-9H2. The average Bonchev–Trinajstić information content (AvgIpc) is 2.41. The summed E-state index contributed by atoms with van der Waals surface area (Å²) in [6.45, 7) is 1.75. The minimum Gasteiger partial charge on any atom is -0.394 e. The SMILES string of the molecule is OCC1(NCc2cc(F)ccc2Cl)CCOCC1. The lowest BCUT2D eigenvalue weighted by Gasteiger charge is -2.36. The molecule has 0 aromatic heterocycles. The third-order valence-electron chi connectivity index (χ3n) is 3.41. The van der Waals surface area contributed by atoms with E-state index < -0.39 is 0 Å². The van der Waals surface area contributed by atoms with Crippen molar-refractivity contribution in [3.63, 3.8) is 0 Å². The summed E-state index contributed by atoms with van der Waals surface area (Å²) in [4.78, 5) is 0. The third-order valence-corrected chi connectivity index (χ3v) is 3.78. The number of aliphatic hydroxyl groups excluding tert-OH is 1. The fourth-order valence-electron chi connectivity index (χ4n) is 2.11. The molecule has 1 saturated heterocycles. The molecule has 1 aliphatic heterocycles. The molecule has 1 heterocycles. The molecule has 18 heavy (non-hydrogen) atoms. The van der Waals surface area contributed by atoms with Crippen molar-refractivity contribution in [1.82, 2.24) is 5.32 Å². The van der Waals surface area contributed by atoms with Crippen molar-refractivity contribution in [2.45, 2.75) is 24.9 Å². The van der Waals surface area contributed by atoms with Gasteiger partial charge in [0.25, 0.3) is 0 Å². The molecule has 2 rings (SSSR count). The van der Waals surface area contributed by atoms with Gasteiger partial charge in [0.2, 0.25) is 0 Å². The summed E-state index contributed by atoms with van der Waals surface area (Å²) in [5.41, 5.74) is 0.365. The van der Waals surface area contributed by atoms with E-state index in [1.54, 1.807) is 6.07 Å². The zero-order chi connectivity index (χ0) is 13.0. The number of nitrogens with one attached hydrogen (secondary N) is 1. The van der Waals surface area contributed by atoms with Crippen LogP contribution in [0, 0.1) is 5.82 Å². The quantitative estimate of drug-likeness (QED) is 0.883. The molecule has 0 spiro atoms. The van der Waals surface area contributed by atoms with E-state index in [0.29, 0.717) is 30.3 Å². The molecule has 100 valence electrons. The van der Waals surface area contributed by atoms with E-state index in [2.05, 4.69) is 5.32 Å². The van der Waals surface area contributed by atoms with Crippen molar-refractivity contribution >= 4 is 11.6 Å². The maximum atomic E-state index is 13.1. The molecule has 0 aliphatic carbocycles. The predicted octanol–water partition coefficient (Wildman–Crippen LogP) is 2.11. The normalized spacial score (nSPS) is 18.8. The summed E-state index contributed by atoms with van der Waals surface area (Å²) in [7, 11) is 0. The van der Waals surface area contributed by atoms with Gasteiger partial charge in [-0.3, -0.25) is 0 Å². The summed E-state index contributed by atoms with van der Waals surface area (Å²) >= 11 is 6.01. The van der Waals surface area contributed by atoms with Crippen LogP contribution >= 0.6 is 11.6 Å². The Bertz CT molecular complexity index is 408. The molecule has 5 heteroatoms. The van der Waals surface area contributed by atoms with Gasteiger partial charge in [0.15, 0.2) is 0 Å². The molecular formula is C13H17ClFNO2. The Labute approximate surface area is 111 Å². The van der Waals surface area contributed by atoms with Crippen LogP contribution in [0.15, 0.2) is 18.2 Å². The van der Waals surface area contributed by atoms with Crippen LogP contribution in [0.5, 0.6) is 0 Å². The molecule has 1 fully saturated rings. The summed E-state index contributed by atoms with van der Waals surface area (Å²) < 4.78 is 18.4. The molecule has 0 atom stereocenters. The van der Waals surface area contributed by atoms with Gasteiger partial charge < -0.3 is 15.2 Å². The average molecular weight is 274 g/mol. The largest absolute Gasteiger partial charge is 0.394 e. The first-order valence-electron chi connectivity index (χ1n) is 6.03. The molecule has 0 saturated carbocycles. The van der Waals surface area contributed by atoms with E-state index in [9.17, 15) is 9.50 Å². The summed E-state index contributed by atoms with van der Waals surface area (Å²) in [6.07, 6.45) is 1.49. The highest BCUT2D eigenvalue weighted by atomic mass is 35.5. The Kier molecular flexibility index (Phi) is 4.56. The number of hydrogen-bond acceptors (Lipinski definition) is 3. The molecule has 0 amide bonds. The Balaban J connectivity index is 2.03. The van der Waals surface area contributed by atoms with E-state index in [-0.39, 0.29) is 18.0 Å². The van der Waals surface area contributed by atoms with Gasteiger partial charge in [-0.2, -0.15) is 0 Å². The highest BCUT2D eigenvalue weighted by Crippen LogP contribution is 2.23. The van der Waals surface area contributed by atoms with Crippen LogP contribution < -0.4 is 5.32 Å². The van der Waals surface area contributed by atoms with Crippen LogP contribution in [-0.4, -0.2) is 30.5 Å². The van der Waals surface area contributed by atoms with Gasteiger partial charge in [-0.15, -0.1) is 0 Å². The molecule has 1 aromatic carbocycles. The molecule has 0 bridgehead atoms. The molecule has 0 radical (unpaired) electrons. The van der Waals surface area contributed by atoms with Crippen molar-refractivity contribution in [3.05, 3.63) is 34.6 Å². The van der Waals surface area contributed by atoms with Crippen LogP contribution in [0.2, 0.25) is 5.02 Å². The molecular weight excluding hydrogens is 257 g/mol. The summed E-state index contributed by atoms with van der Waals surface area (Å²) in [5.74, 6) is -0.304.